The number of rotatable bonds is 18. The van der Waals surface area contributed by atoms with Gasteiger partial charge in [0.1, 0.15) is 12.3 Å². The molecule has 0 aromatic carbocycles. The van der Waals surface area contributed by atoms with Gasteiger partial charge in [-0.1, -0.05) is 71.1 Å². The van der Waals surface area contributed by atoms with Gasteiger partial charge in [0.2, 0.25) is 0 Å². The largest absolute Gasteiger partial charge is 0.509 e. The zero-order valence-corrected chi connectivity index (χ0v) is 19.1. The van der Waals surface area contributed by atoms with E-state index in [1.807, 2.05) is 0 Å². The molecule has 0 aromatic rings. The number of likely N-dealkylation sites (N-methyl/N-ethyl adjacent to an activating group) is 1. The number of hydrogen-bond donors (Lipinski definition) is 3. The first-order valence-electron chi connectivity index (χ1n) is 11.2. The van der Waals surface area contributed by atoms with Crippen molar-refractivity contribution in [1.29, 1.82) is 0 Å². The first-order valence-corrected chi connectivity index (χ1v) is 11.2. The molecule has 0 aromatic heterocycles. The Balaban J connectivity index is 4.22. The molecular weight excluding hydrogens is 370 g/mol. The van der Waals surface area contributed by atoms with Gasteiger partial charge >= 0.3 is 5.97 Å². The number of allylic oxidation sites excluding steroid dienone is 1. The Morgan fingerprint density at radius 3 is 1.69 bits per heavy atom. The van der Waals surface area contributed by atoms with Gasteiger partial charge in [0.15, 0.2) is 11.4 Å². The summed E-state index contributed by atoms with van der Waals surface area (Å²) >= 11 is 0. The Labute approximate surface area is 177 Å². The molecule has 0 aliphatic rings. The van der Waals surface area contributed by atoms with Gasteiger partial charge in [0.05, 0.1) is 27.6 Å². The average Bonchev–Trinajstić information content (AvgIpc) is 2.57. The van der Waals surface area contributed by atoms with Crippen LogP contribution >= 0.6 is 0 Å². The van der Waals surface area contributed by atoms with Crippen molar-refractivity contribution >= 4 is 11.8 Å². The van der Waals surface area contributed by atoms with Crippen molar-refractivity contribution in [3.63, 3.8) is 0 Å². The minimum absolute atomic E-state index is 0.00659. The number of hydrogen-bond acceptors (Lipinski definition) is 4. The molecule has 0 amide bonds. The van der Waals surface area contributed by atoms with E-state index < -0.39 is 23.8 Å². The number of unbranched alkanes of at least 4 members (excludes halogenated alkanes) is 10. The third-order valence-corrected chi connectivity index (χ3v) is 4.98. The topological polar surface area (TPSA) is 94.8 Å². The maximum atomic E-state index is 12.1. The highest BCUT2D eigenvalue weighted by atomic mass is 16.4. The van der Waals surface area contributed by atoms with E-state index in [1.54, 1.807) is 21.1 Å². The summed E-state index contributed by atoms with van der Waals surface area (Å²) < 4.78 is 0.258. The Morgan fingerprint density at radius 2 is 1.28 bits per heavy atom. The van der Waals surface area contributed by atoms with E-state index in [9.17, 15) is 19.8 Å². The summed E-state index contributed by atoms with van der Waals surface area (Å²) in [5.41, 5.74) is -1.95. The summed E-state index contributed by atoms with van der Waals surface area (Å²) in [5.74, 6) is -2.05. The first kappa shape index (κ1) is 27.6. The van der Waals surface area contributed by atoms with Crippen LogP contribution in [0.1, 0.15) is 90.4 Å². The summed E-state index contributed by atoms with van der Waals surface area (Å²) in [5, 5.41) is 29.9. The van der Waals surface area contributed by atoms with Gasteiger partial charge in [-0.05, 0) is 6.42 Å². The van der Waals surface area contributed by atoms with Crippen LogP contribution in [0.15, 0.2) is 11.8 Å². The maximum Gasteiger partial charge on any atom is 0.307 e. The molecule has 0 spiro atoms. The number of nitrogens with zero attached hydrogens (tertiary/aromatic N) is 1. The SMILES string of the molecule is CCCCCCCCCCCCCC(=O)/C=C(\O)C(O)(CC(=O)O)C[N+](C)(C)C. The number of carbonyl (C=O) groups is 2. The van der Waals surface area contributed by atoms with E-state index in [0.29, 0.717) is 6.42 Å². The van der Waals surface area contributed by atoms with Crippen molar-refractivity contribution in [2.75, 3.05) is 27.7 Å². The van der Waals surface area contributed by atoms with Crippen molar-refractivity contribution in [3.05, 3.63) is 11.8 Å². The van der Waals surface area contributed by atoms with Crippen LogP contribution in [0.3, 0.4) is 0 Å². The molecule has 0 bridgehead atoms. The van der Waals surface area contributed by atoms with Gasteiger partial charge in [-0.25, -0.2) is 0 Å². The smallest absolute Gasteiger partial charge is 0.307 e. The fourth-order valence-corrected chi connectivity index (χ4v) is 3.58. The van der Waals surface area contributed by atoms with Crippen LogP contribution in [-0.4, -0.2) is 64.8 Å². The molecule has 6 heteroatoms. The summed E-state index contributed by atoms with van der Waals surface area (Å²) in [6, 6.07) is 0. The van der Waals surface area contributed by atoms with E-state index in [2.05, 4.69) is 6.92 Å². The molecule has 0 aliphatic carbocycles. The van der Waals surface area contributed by atoms with Crippen molar-refractivity contribution in [2.45, 2.75) is 96.0 Å². The van der Waals surface area contributed by atoms with Gasteiger partial charge in [-0.2, -0.15) is 0 Å². The van der Waals surface area contributed by atoms with E-state index >= 15 is 0 Å². The van der Waals surface area contributed by atoms with Gasteiger partial charge in [-0.3, -0.25) is 9.59 Å². The molecule has 1 unspecified atom stereocenters. The second-order valence-corrected chi connectivity index (χ2v) is 9.33. The Hall–Kier alpha value is -1.40. The summed E-state index contributed by atoms with van der Waals surface area (Å²) in [6.07, 6.45) is 13.8. The van der Waals surface area contributed by atoms with E-state index in [0.717, 1.165) is 25.3 Å². The molecule has 0 heterocycles. The minimum Gasteiger partial charge on any atom is -0.509 e. The summed E-state index contributed by atoms with van der Waals surface area (Å²) in [6.45, 7) is 2.22. The van der Waals surface area contributed by atoms with Crippen LogP contribution in [0, 0.1) is 0 Å². The van der Waals surface area contributed by atoms with E-state index in [-0.39, 0.29) is 16.8 Å². The zero-order valence-electron chi connectivity index (χ0n) is 19.1. The predicted molar refractivity (Wildman–Crippen MR) is 117 cm³/mol. The second kappa shape index (κ2) is 14.6. The molecular formula is C23H44NO5+. The molecule has 3 N–H and O–H groups in total. The molecule has 0 fully saturated rings. The summed E-state index contributed by atoms with van der Waals surface area (Å²) in [7, 11) is 5.35. The van der Waals surface area contributed by atoms with Gasteiger partial charge < -0.3 is 19.8 Å². The maximum absolute atomic E-state index is 12.1. The van der Waals surface area contributed by atoms with E-state index in [4.69, 9.17) is 5.11 Å². The molecule has 170 valence electrons. The monoisotopic (exact) mass is 414 g/mol. The molecule has 0 aliphatic heterocycles. The number of quaternary nitrogens is 1. The highest BCUT2D eigenvalue weighted by Gasteiger charge is 2.40. The van der Waals surface area contributed by atoms with Crippen molar-refractivity contribution in [2.24, 2.45) is 0 Å². The standard InChI is InChI=1S/C23H43NO5/c1-5-6-7-8-9-10-11-12-13-14-15-16-20(25)17-21(26)23(29,18-22(27)28)19-24(2,3)4/h17,29H,5-16,18-19H2,1-4H3,(H-,25,26,27,28)/p+1. The average molecular weight is 415 g/mol. The van der Waals surface area contributed by atoms with Crippen LogP contribution in [0.5, 0.6) is 0 Å². The van der Waals surface area contributed by atoms with Crippen LogP contribution in [0.25, 0.3) is 0 Å². The lowest BCUT2D eigenvalue weighted by Crippen LogP contribution is -2.51. The quantitative estimate of drug-likeness (QED) is 0.132. The third-order valence-electron chi connectivity index (χ3n) is 4.98. The molecule has 0 saturated heterocycles. The fraction of sp³-hybridized carbons (Fsp3) is 0.826. The minimum atomic E-state index is -1.95. The number of aliphatic carboxylic acids is 1. The molecule has 29 heavy (non-hydrogen) atoms. The summed E-state index contributed by atoms with van der Waals surface area (Å²) in [4.78, 5) is 23.2. The zero-order chi connectivity index (χ0) is 22.3. The first-order chi connectivity index (χ1) is 13.5. The van der Waals surface area contributed by atoms with E-state index in [1.165, 1.54) is 51.4 Å². The fourth-order valence-electron chi connectivity index (χ4n) is 3.58. The number of carbonyl (C=O) groups excluding carboxylic acids is 1. The van der Waals surface area contributed by atoms with Crippen LogP contribution in [0.2, 0.25) is 0 Å². The van der Waals surface area contributed by atoms with Gasteiger partial charge in [-0.15, -0.1) is 0 Å². The Kier molecular flexibility index (Phi) is 13.9. The van der Waals surface area contributed by atoms with Gasteiger partial charge in [0, 0.05) is 12.5 Å². The Bertz CT molecular complexity index is 510. The van der Waals surface area contributed by atoms with Gasteiger partial charge in [0.25, 0.3) is 0 Å². The predicted octanol–water partition coefficient (Wildman–Crippen LogP) is 4.61. The molecule has 0 radical (unpaired) electrons. The Morgan fingerprint density at radius 1 is 0.828 bits per heavy atom. The lowest BCUT2D eigenvalue weighted by molar-refractivity contribution is -0.876. The number of ketones is 1. The number of aliphatic hydroxyl groups is 2. The highest BCUT2D eigenvalue weighted by Crippen LogP contribution is 2.23. The molecule has 6 nitrogen and oxygen atoms in total. The second-order valence-electron chi connectivity index (χ2n) is 9.33. The number of aliphatic hydroxyl groups excluding tert-OH is 1. The molecule has 1 atom stereocenters. The normalized spacial score (nSPS) is 14.6. The third kappa shape index (κ3) is 15.1. The van der Waals surface area contributed by atoms with Crippen LogP contribution in [0.4, 0.5) is 0 Å². The highest BCUT2D eigenvalue weighted by molar-refractivity contribution is 5.90. The lowest BCUT2D eigenvalue weighted by Gasteiger charge is -2.34. The molecule has 0 rings (SSSR count). The lowest BCUT2D eigenvalue weighted by atomic mass is 9.94. The molecule has 0 saturated carbocycles. The number of carboxylic acid groups (broad SMARTS) is 1. The van der Waals surface area contributed by atoms with Crippen LogP contribution < -0.4 is 0 Å². The van der Waals surface area contributed by atoms with Crippen molar-refractivity contribution in [3.8, 4) is 0 Å². The number of carboxylic acids is 1. The van der Waals surface area contributed by atoms with Crippen molar-refractivity contribution < 1.29 is 29.4 Å². The van der Waals surface area contributed by atoms with Crippen molar-refractivity contribution in [1.82, 2.24) is 0 Å². The van der Waals surface area contributed by atoms with Crippen LogP contribution in [-0.2, 0) is 9.59 Å².